The number of allylic oxidation sites excluding steroid dienone is 2. The van der Waals surface area contributed by atoms with E-state index in [0.717, 1.165) is 59.5 Å². The molecule has 5 heteroatoms. The molecule has 0 aliphatic carbocycles. The molecule has 1 aliphatic heterocycles. The highest BCUT2D eigenvalue weighted by Crippen LogP contribution is 2.26. The molecule has 140 valence electrons. The van der Waals surface area contributed by atoms with Crippen LogP contribution in [0.25, 0.3) is 11.0 Å². The topological polar surface area (TPSA) is 39.1 Å². The Bertz CT molecular complexity index is 824. The summed E-state index contributed by atoms with van der Waals surface area (Å²) >= 11 is 6.24. The van der Waals surface area contributed by atoms with Crippen molar-refractivity contribution >= 4 is 22.6 Å². The van der Waals surface area contributed by atoms with Crippen LogP contribution < -0.4 is 5.32 Å². The Balaban J connectivity index is 1.90. The number of benzene rings is 1. The number of imidazole rings is 1. The average Bonchev–Trinajstić information content (AvgIpc) is 3.01. The van der Waals surface area contributed by atoms with E-state index in [1.165, 1.54) is 5.57 Å². The van der Waals surface area contributed by atoms with E-state index in [4.69, 9.17) is 16.3 Å². The van der Waals surface area contributed by atoms with Crippen molar-refractivity contribution in [3.05, 3.63) is 52.8 Å². The number of hydrogen-bond donors (Lipinski definition) is 1. The molecule has 4 nitrogen and oxygen atoms in total. The van der Waals surface area contributed by atoms with Gasteiger partial charge in [0.1, 0.15) is 0 Å². The normalized spacial score (nSPS) is 21.3. The minimum Gasteiger partial charge on any atom is -0.379 e. The molecule has 1 aliphatic rings. The van der Waals surface area contributed by atoms with Gasteiger partial charge in [0.25, 0.3) is 0 Å². The largest absolute Gasteiger partial charge is 0.379 e. The summed E-state index contributed by atoms with van der Waals surface area (Å²) in [5, 5.41) is 4.34. The molecule has 2 atom stereocenters. The zero-order valence-corrected chi connectivity index (χ0v) is 16.6. The number of piperidine rings is 1. The highest BCUT2D eigenvalue weighted by molar-refractivity contribution is 6.32. The fourth-order valence-corrected chi connectivity index (χ4v) is 3.87. The summed E-state index contributed by atoms with van der Waals surface area (Å²) in [6.45, 7) is 10.0. The Morgan fingerprint density at radius 3 is 3.04 bits per heavy atom. The smallest absolute Gasteiger partial charge is 0.0961 e. The Morgan fingerprint density at radius 1 is 1.50 bits per heavy atom. The molecule has 1 fully saturated rings. The van der Waals surface area contributed by atoms with Crippen LogP contribution in [0.15, 0.2) is 42.3 Å². The van der Waals surface area contributed by atoms with E-state index in [1.54, 1.807) is 7.11 Å². The lowest BCUT2D eigenvalue weighted by atomic mass is 9.96. The standard InChI is InChI=1S/C21H28ClN3O/c1-14(2)10-16(11-18-20(26-4)6-5-9-23-18)12-25-13-24-21-15(3)17(22)7-8-19(21)25/h7-8,11,13,18,20,23H,1,5-6,9-10,12H2,2-4H3/b16-11+/t18-,20+/m1/s1. The lowest BCUT2D eigenvalue weighted by molar-refractivity contribution is 0.0595. The summed E-state index contributed by atoms with van der Waals surface area (Å²) in [4.78, 5) is 4.58. The van der Waals surface area contributed by atoms with Gasteiger partial charge in [0.05, 0.1) is 29.5 Å². The monoisotopic (exact) mass is 373 g/mol. The molecule has 1 aromatic heterocycles. The molecular formula is C21H28ClN3O. The maximum atomic E-state index is 6.24. The van der Waals surface area contributed by atoms with Gasteiger partial charge in [-0.1, -0.05) is 29.8 Å². The van der Waals surface area contributed by atoms with E-state index in [1.807, 2.05) is 25.4 Å². The third-order valence-electron chi connectivity index (χ3n) is 5.05. The molecule has 1 N–H and O–H groups in total. The highest BCUT2D eigenvalue weighted by Gasteiger charge is 2.23. The predicted octanol–water partition coefficient (Wildman–Crippen LogP) is 4.66. The van der Waals surface area contributed by atoms with Gasteiger partial charge in [-0.25, -0.2) is 4.98 Å². The van der Waals surface area contributed by atoms with Gasteiger partial charge in [0.2, 0.25) is 0 Å². The van der Waals surface area contributed by atoms with Gasteiger partial charge in [-0.15, -0.1) is 0 Å². The maximum absolute atomic E-state index is 6.24. The molecule has 0 unspecified atom stereocenters. The molecule has 0 bridgehead atoms. The van der Waals surface area contributed by atoms with Gasteiger partial charge in [-0.05, 0) is 62.9 Å². The Kier molecular flexibility index (Phi) is 6.17. The van der Waals surface area contributed by atoms with Crippen molar-refractivity contribution in [1.29, 1.82) is 0 Å². The number of ether oxygens (including phenoxy) is 1. The van der Waals surface area contributed by atoms with Gasteiger partial charge >= 0.3 is 0 Å². The molecule has 0 saturated carbocycles. The number of hydrogen-bond acceptors (Lipinski definition) is 3. The number of aromatic nitrogens is 2. The van der Waals surface area contributed by atoms with E-state index in [2.05, 4.69) is 34.4 Å². The van der Waals surface area contributed by atoms with Crippen LogP contribution in [-0.4, -0.2) is 35.4 Å². The Morgan fingerprint density at radius 2 is 2.31 bits per heavy atom. The van der Waals surface area contributed by atoms with Crippen LogP contribution in [0.4, 0.5) is 0 Å². The van der Waals surface area contributed by atoms with Crippen molar-refractivity contribution in [3.8, 4) is 0 Å². The number of rotatable bonds is 6. The summed E-state index contributed by atoms with van der Waals surface area (Å²) in [5.41, 5.74) is 5.59. The minimum absolute atomic E-state index is 0.226. The Labute approximate surface area is 160 Å². The summed E-state index contributed by atoms with van der Waals surface area (Å²) in [7, 11) is 1.80. The van der Waals surface area contributed by atoms with E-state index in [-0.39, 0.29) is 12.1 Å². The van der Waals surface area contributed by atoms with E-state index in [0.29, 0.717) is 0 Å². The number of fused-ring (bicyclic) bond motifs is 1. The fourth-order valence-electron chi connectivity index (χ4n) is 3.71. The number of methoxy groups -OCH3 is 1. The number of aryl methyl sites for hydroxylation is 1. The lowest BCUT2D eigenvalue weighted by Crippen LogP contribution is -2.44. The molecule has 2 aromatic rings. The van der Waals surface area contributed by atoms with Crippen LogP contribution in [0.3, 0.4) is 0 Å². The highest BCUT2D eigenvalue weighted by atomic mass is 35.5. The zero-order valence-electron chi connectivity index (χ0n) is 15.9. The van der Waals surface area contributed by atoms with Crippen molar-refractivity contribution in [2.24, 2.45) is 0 Å². The van der Waals surface area contributed by atoms with Crippen molar-refractivity contribution in [3.63, 3.8) is 0 Å². The quantitative estimate of drug-likeness (QED) is 0.748. The second-order valence-corrected chi connectivity index (χ2v) is 7.67. The van der Waals surface area contributed by atoms with Crippen LogP contribution in [0.1, 0.15) is 31.7 Å². The molecule has 3 rings (SSSR count). The summed E-state index contributed by atoms with van der Waals surface area (Å²) in [5.74, 6) is 0. The lowest BCUT2D eigenvalue weighted by Gasteiger charge is -2.30. The summed E-state index contributed by atoms with van der Waals surface area (Å²) < 4.78 is 7.87. The van der Waals surface area contributed by atoms with Crippen LogP contribution in [0, 0.1) is 6.92 Å². The molecule has 0 radical (unpaired) electrons. The van der Waals surface area contributed by atoms with Crippen LogP contribution in [-0.2, 0) is 11.3 Å². The molecule has 0 spiro atoms. The third kappa shape index (κ3) is 4.20. The molecule has 1 saturated heterocycles. The molecular weight excluding hydrogens is 346 g/mol. The summed E-state index contributed by atoms with van der Waals surface area (Å²) in [6, 6.07) is 4.24. The van der Waals surface area contributed by atoms with E-state index in [9.17, 15) is 0 Å². The van der Waals surface area contributed by atoms with Gasteiger partial charge < -0.3 is 14.6 Å². The number of nitrogens with zero attached hydrogens (tertiary/aromatic N) is 2. The molecule has 2 heterocycles. The third-order valence-corrected chi connectivity index (χ3v) is 5.45. The van der Waals surface area contributed by atoms with Gasteiger partial charge in [0.15, 0.2) is 0 Å². The summed E-state index contributed by atoms with van der Waals surface area (Å²) in [6.07, 6.45) is 7.59. The van der Waals surface area contributed by atoms with Crippen LogP contribution in [0.2, 0.25) is 5.02 Å². The SMILES string of the molecule is C=C(C)C/C(=C\[C@H]1NCCC[C@@H]1OC)Cn1cnc2c(C)c(Cl)ccc21. The minimum atomic E-state index is 0.226. The van der Waals surface area contributed by atoms with Gasteiger partial charge in [-0.3, -0.25) is 0 Å². The first kappa shape index (κ1) is 19.2. The average molecular weight is 374 g/mol. The molecule has 26 heavy (non-hydrogen) atoms. The maximum Gasteiger partial charge on any atom is 0.0961 e. The van der Waals surface area contributed by atoms with E-state index >= 15 is 0 Å². The van der Waals surface area contributed by atoms with Gasteiger partial charge in [0, 0.05) is 18.7 Å². The van der Waals surface area contributed by atoms with Gasteiger partial charge in [-0.2, -0.15) is 0 Å². The van der Waals surface area contributed by atoms with Crippen molar-refractivity contribution in [1.82, 2.24) is 14.9 Å². The van der Waals surface area contributed by atoms with Crippen molar-refractivity contribution in [2.45, 2.75) is 51.8 Å². The van der Waals surface area contributed by atoms with Crippen molar-refractivity contribution < 1.29 is 4.74 Å². The zero-order chi connectivity index (χ0) is 18.7. The number of halogens is 1. The van der Waals surface area contributed by atoms with Crippen LogP contribution in [0.5, 0.6) is 0 Å². The first-order chi connectivity index (χ1) is 12.5. The molecule has 0 amide bonds. The number of nitrogens with one attached hydrogen (secondary N) is 1. The van der Waals surface area contributed by atoms with Crippen LogP contribution >= 0.6 is 11.6 Å². The Hall–Kier alpha value is -1.62. The first-order valence-electron chi connectivity index (χ1n) is 9.19. The van der Waals surface area contributed by atoms with Crippen molar-refractivity contribution in [2.75, 3.05) is 13.7 Å². The molecule has 1 aromatic carbocycles. The second kappa shape index (κ2) is 8.38. The first-order valence-corrected chi connectivity index (χ1v) is 9.57. The predicted molar refractivity (Wildman–Crippen MR) is 109 cm³/mol. The van der Waals surface area contributed by atoms with E-state index < -0.39 is 0 Å². The fraction of sp³-hybridized carbons (Fsp3) is 0.476. The second-order valence-electron chi connectivity index (χ2n) is 7.27.